The summed E-state index contributed by atoms with van der Waals surface area (Å²) < 4.78 is 72.5. The quantitative estimate of drug-likeness (QED) is 0.403. The number of imidazole rings is 1. The van der Waals surface area contributed by atoms with Gasteiger partial charge in [-0.2, -0.15) is 13.2 Å². The number of rotatable bonds is 7. The van der Waals surface area contributed by atoms with Crippen LogP contribution in [0.4, 0.5) is 18.9 Å². The average molecular weight is 489 g/mol. The molecule has 12 heteroatoms. The van der Waals surface area contributed by atoms with Crippen molar-refractivity contribution in [2.45, 2.75) is 18.9 Å². The van der Waals surface area contributed by atoms with Gasteiger partial charge in [-0.25, -0.2) is 13.4 Å². The zero-order valence-corrected chi connectivity index (χ0v) is 18.5. The van der Waals surface area contributed by atoms with Crippen LogP contribution in [0, 0.1) is 6.92 Å². The first kappa shape index (κ1) is 23.2. The van der Waals surface area contributed by atoms with Gasteiger partial charge in [0.25, 0.3) is 0 Å². The standard InChI is InChI=1S/C22H18F3N5O3S/c1-15-26-12-13-30(15)20-10-11-21(28-27-20)33-19-8-6-18(7-9-19)29-34(31,32)14-16-2-4-17(5-3-16)22(23,24)25/h2-13,29H,14H2,1H3. The Balaban J connectivity index is 1.37. The number of ether oxygens (including phenoxy) is 1. The van der Waals surface area contributed by atoms with Crippen LogP contribution in [0.2, 0.25) is 0 Å². The van der Waals surface area contributed by atoms with Crippen LogP contribution in [-0.2, 0) is 22.0 Å². The fourth-order valence-electron chi connectivity index (χ4n) is 3.05. The van der Waals surface area contributed by atoms with Crippen LogP contribution in [-0.4, -0.2) is 28.2 Å². The van der Waals surface area contributed by atoms with E-state index in [9.17, 15) is 21.6 Å². The topological polar surface area (TPSA) is 99.0 Å². The van der Waals surface area contributed by atoms with E-state index in [2.05, 4.69) is 19.9 Å². The first-order valence-corrected chi connectivity index (χ1v) is 11.5. The van der Waals surface area contributed by atoms with E-state index < -0.39 is 27.5 Å². The highest BCUT2D eigenvalue weighted by atomic mass is 32.2. The molecule has 2 aromatic carbocycles. The third-order valence-corrected chi connectivity index (χ3v) is 5.95. The molecule has 0 aliphatic rings. The number of nitrogens with zero attached hydrogens (tertiary/aromatic N) is 4. The minimum absolute atomic E-state index is 0.230. The highest BCUT2D eigenvalue weighted by Crippen LogP contribution is 2.29. The summed E-state index contributed by atoms with van der Waals surface area (Å²) in [6.07, 6.45) is -1.07. The van der Waals surface area contributed by atoms with Gasteiger partial charge in [0.05, 0.1) is 11.3 Å². The molecule has 2 aromatic heterocycles. The monoisotopic (exact) mass is 489 g/mol. The Morgan fingerprint density at radius 1 is 0.971 bits per heavy atom. The molecular weight excluding hydrogens is 471 g/mol. The average Bonchev–Trinajstić information content (AvgIpc) is 3.21. The van der Waals surface area contributed by atoms with E-state index in [4.69, 9.17) is 4.74 Å². The van der Waals surface area contributed by atoms with Crippen LogP contribution in [0.3, 0.4) is 0 Å². The van der Waals surface area contributed by atoms with Crippen molar-refractivity contribution in [1.82, 2.24) is 19.7 Å². The van der Waals surface area contributed by atoms with Crippen LogP contribution >= 0.6 is 0 Å². The van der Waals surface area contributed by atoms with Crippen molar-refractivity contribution in [3.63, 3.8) is 0 Å². The molecule has 0 atom stereocenters. The van der Waals surface area contributed by atoms with Gasteiger partial charge in [-0.3, -0.25) is 9.29 Å². The molecule has 0 amide bonds. The van der Waals surface area contributed by atoms with Gasteiger partial charge in [-0.1, -0.05) is 12.1 Å². The minimum Gasteiger partial charge on any atom is -0.438 e. The molecule has 4 aromatic rings. The SMILES string of the molecule is Cc1nccn1-c1ccc(Oc2ccc(NS(=O)(=O)Cc3ccc(C(F)(F)F)cc3)cc2)nn1. The van der Waals surface area contributed by atoms with Crippen molar-refractivity contribution in [3.8, 4) is 17.4 Å². The largest absolute Gasteiger partial charge is 0.438 e. The van der Waals surface area contributed by atoms with Crippen LogP contribution in [0.25, 0.3) is 5.82 Å². The van der Waals surface area contributed by atoms with Gasteiger partial charge in [0.2, 0.25) is 15.9 Å². The Hall–Kier alpha value is -3.93. The molecule has 2 heterocycles. The number of benzene rings is 2. The van der Waals surface area contributed by atoms with Crippen molar-refractivity contribution < 1.29 is 26.3 Å². The van der Waals surface area contributed by atoms with Gasteiger partial charge in [0.15, 0.2) is 5.82 Å². The van der Waals surface area contributed by atoms with E-state index in [0.717, 1.165) is 30.1 Å². The molecule has 0 spiro atoms. The number of hydrogen-bond donors (Lipinski definition) is 1. The maximum Gasteiger partial charge on any atom is 0.416 e. The second kappa shape index (κ2) is 9.14. The predicted molar refractivity (Wildman–Crippen MR) is 118 cm³/mol. The summed E-state index contributed by atoms with van der Waals surface area (Å²) in [5.41, 5.74) is -0.335. The molecule has 176 valence electrons. The summed E-state index contributed by atoms with van der Waals surface area (Å²) in [4.78, 5) is 4.13. The van der Waals surface area contributed by atoms with E-state index in [-0.39, 0.29) is 17.1 Å². The highest BCUT2D eigenvalue weighted by molar-refractivity contribution is 7.91. The first-order chi connectivity index (χ1) is 16.1. The smallest absolute Gasteiger partial charge is 0.416 e. The molecule has 0 saturated carbocycles. The summed E-state index contributed by atoms with van der Waals surface area (Å²) >= 11 is 0. The summed E-state index contributed by atoms with van der Waals surface area (Å²) in [5.74, 6) is 1.53. The molecule has 0 fully saturated rings. The zero-order chi connectivity index (χ0) is 24.3. The Bertz CT molecular complexity index is 1370. The van der Waals surface area contributed by atoms with E-state index in [1.54, 1.807) is 41.2 Å². The van der Waals surface area contributed by atoms with Crippen LogP contribution in [0.15, 0.2) is 73.1 Å². The second-order valence-corrected chi connectivity index (χ2v) is 8.98. The molecule has 0 radical (unpaired) electrons. The molecule has 34 heavy (non-hydrogen) atoms. The molecule has 1 N–H and O–H groups in total. The van der Waals surface area contributed by atoms with Crippen molar-refractivity contribution in [3.05, 3.63) is 90.0 Å². The first-order valence-electron chi connectivity index (χ1n) is 9.88. The molecule has 4 rings (SSSR count). The lowest BCUT2D eigenvalue weighted by Gasteiger charge is -2.11. The minimum atomic E-state index is -4.48. The lowest BCUT2D eigenvalue weighted by atomic mass is 10.1. The maximum absolute atomic E-state index is 12.7. The van der Waals surface area contributed by atoms with Gasteiger partial charge in [0.1, 0.15) is 11.6 Å². The van der Waals surface area contributed by atoms with Crippen LogP contribution in [0.5, 0.6) is 11.6 Å². The van der Waals surface area contributed by atoms with Gasteiger partial charge < -0.3 is 4.74 Å². The maximum atomic E-state index is 12.7. The summed E-state index contributed by atoms with van der Waals surface area (Å²) in [6.45, 7) is 1.84. The van der Waals surface area contributed by atoms with Crippen molar-refractivity contribution in [2.24, 2.45) is 0 Å². The Labute approximate surface area is 193 Å². The van der Waals surface area contributed by atoms with Gasteiger partial charge in [-0.15, -0.1) is 10.2 Å². The van der Waals surface area contributed by atoms with E-state index in [1.165, 1.54) is 12.1 Å². The molecule has 8 nitrogen and oxygen atoms in total. The third-order valence-electron chi connectivity index (χ3n) is 4.69. The molecule has 0 aliphatic heterocycles. The number of alkyl halides is 3. The zero-order valence-electron chi connectivity index (χ0n) is 17.7. The van der Waals surface area contributed by atoms with Gasteiger partial charge >= 0.3 is 6.18 Å². The summed E-state index contributed by atoms with van der Waals surface area (Å²) in [7, 11) is -3.84. The lowest BCUT2D eigenvalue weighted by Crippen LogP contribution is -2.15. The lowest BCUT2D eigenvalue weighted by molar-refractivity contribution is -0.137. The number of hydrogen-bond acceptors (Lipinski definition) is 6. The van der Waals surface area contributed by atoms with Crippen LogP contribution < -0.4 is 9.46 Å². The molecule has 0 bridgehead atoms. The molecule has 0 aliphatic carbocycles. The van der Waals surface area contributed by atoms with E-state index in [1.807, 2.05) is 6.92 Å². The summed E-state index contributed by atoms with van der Waals surface area (Å²) in [5, 5.41) is 8.12. The number of anilines is 1. The van der Waals surface area contributed by atoms with E-state index in [0.29, 0.717) is 11.6 Å². The Kier molecular flexibility index (Phi) is 6.24. The third kappa shape index (κ3) is 5.70. The number of sulfonamides is 1. The number of aryl methyl sites for hydroxylation is 1. The Morgan fingerprint density at radius 2 is 1.68 bits per heavy atom. The number of halogens is 3. The van der Waals surface area contributed by atoms with Crippen molar-refractivity contribution >= 4 is 15.7 Å². The second-order valence-electron chi connectivity index (χ2n) is 7.26. The van der Waals surface area contributed by atoms with Crippen molar-refractivity contribution in [2.75, 3.05) is 4.72 Å². The molecule has 0 unspecified atom stereocenters. The van der Waals surface area contributed by atoms with Crippen molar-refractivity contribution in [1.29, 1.82) is 0 Å². The van der Waals surface area contributed by atoms with Gasteiger partial charge in [-0.05, 0) is 55.0 Å². The highest BCUT2D eigenvalue weighted by Gasteiger charge is 2.30. The van der Waals surface area contributed by atoms with Gasteiger partial charge in [0, 0.05) is 24.1 Å². The normalized spacial score (nSPS) is 11.9. The van der Waals surface area contributed by atoms with E-state index >= 15 is 0 Å². The molecular formula is C22H18F3N5O3S. The fourth-order valence-corrected chi connectivity index (χ4v) is 4.25. The summed E-state index contributed by atoms with van der Waals surface area (Å²) in [6, 6.07) is 13.4. The number of nitrogens with one attached hydrogen (secondary N) is 1. The molecule has 0 saturated heterocycles. The van der Waals surface area contributed by atoms with Crippen LogP contribution in [0.1, 0.15) is 17.0 Å². The number of aromatic nitrogens is 4. The fraction of sp³-hybridized carbons (Fsp3) is 0.136. The Morgan fingerprint density at radius 3 is 2.24 bits per heavy atom. The predicted octanol–water partition coefficient (Wildman–Crippen LogP) is 4.72.